The Morgan fingerprint density at radius 1 is 1.04 bits per heavy atom. The lowest BCUT2D eigenvalue weighted by molar-refractivity contribution is 0.0729. The third kappa shape index (κ3) is 2.71. The first-order chi connectivity index (χ1) is 11.7. The molecule has 0 saturated carbocycles. The normalized spacial score (nSPS) is 13.6. The highest BCUT2D eigenvalue weighted by atomic mass is 16.5. The van der Waals surface area contributed by atoms with Crippen LogP contribution in [0, 0.1) is 6.92 Å². The summed E-state index contributed by atoms with van der Waals surface area (Å²) in [5, 5.41) is 3.81. The van der Waals surface area contributed by atoms with Crippen molar-refractivity contribution >= 4 is 5.91 Å². The molecule has 4 rings (SSSR count). The average molecular weight is 318 g/mol. The van der Waals surface area contributed by atoms with Gasteiger partial charge >= 0.3 is 0 Å². The third-order valence-electron chi connectivity index (χ3n) is 4.50. The van der Waals surface area contributed by atoms with Crippen LogP contribution in [-0.4, -0.2) is 22.5 Å². The summed E-state index contributed by atoms with van der Waals surface area (Å²) in [6.07, 6.45) is 2.43. The van der Waals surface area contributed by atoms with Crippen LogP contribution in [0.25, 0.3) is 11.1 Å². The molecular formula is C20H18N2O2. The molecule has 1 aromatic heterocycles. The van der Waals surface area contributed by atoms with Gasteiger partial charge in [0.05, 0.1) is 12.7 Å². The first-order valence-electron chi connectivity index (χ1n) is 8.09. The lowest BCUT2D eigenvalue weighted by atomic mass is 10.0. The summed E-state index contributed by atoms with van der Waals surface area (Å²) < 4.78 is 5.17. The number of rotatable bonds is 2. The summed E-state index contributed by atoms with van der Waals surface area (Å²) in [4.78, 5) is 14.5. The van der Waals surface area contributed by atoms with E-state index >= 15 is 0 Å². The zero-order valence-electron chi connectivity index (χ0n) is 13.5. The minimum absolute atomic E-state index is 0.0531. The first kappa shape index (κ1) is 14.7. The molecule has 24 heavy (non-hydrogen) atoms. The number of hydrogen-bond acceptors (Lipinski definition) is 3. The van der Waals surface area contributed by atoms with Gasteiger partial charge in [-0.2, -0.15) is 0 Å². The second kappa shape index (κ2) is 5.96. The predicted octanol–water partition coefficient (Wildman–Crippen LogP) is 3.85. The molecule has 2 heterocycles. The number of carbonyl (C=O) groups excluding carboxylic acids is 1. The fourth-order valence-corrected chi connectivity index (χ4v) is 3.05. The molecule has 0 bridgehead atoms. The van der Waals surface area contributed by atoms with Crippen molar-refractivity contribution < 1.29 is 9.32 Å². The molecule has 0 unspecified atom stereocenters. The van der Waals surface area contributed by atoms with Crippen LogP contribution in [0.5, 0.6) is 0 Å². The van der Waals surface area contributed by atoms with E-state index in [4.69, 9.17) is 4.52 Å². The minimum Gasteiger partial charge on any atom is -0.361 e. The monoisotopic (exact) mass is 318 g/mol. The van der Waals surface area contributed by atoms with E-state index in [-0.39, 0.29) is 5.91 Å². The largest absolute Gasteiger partial charge is 0.361 e. The summed E-state index contributed by atoms with van der Waals surface area (Å²) in [6, 6.07) is 16.2. The average Bonchev–Trinajstić information content (AvgIpc) is 3.09. The van der Waals surface area contributed by atoms with Gasteiger partial charge in [-0.05, 0) is 30.2 Å². The lowest BCUT2D eigenvalue weighted by Gasteiger charge is -2.25. The summed E-state index contributed by atoms with van der Waals surface area (Å²) in [5.74, 6) is 0.950. The molecule has 1 aliphatic heterocycles. The summed E-state index contributed by atoms with van der Waals surface area (Å²) in [5.41, 5.74) is 5.23. The molecule has 2 aromatic carbocycles. The third-order valence-corrected chi connectivity index (χ3v) is 4.50. The van der Waals surface area contributed by atoms with Gasteiger partial charge in [0, 0.05) is 24.1 Å². The van der Waals surface area contributed by atoms with Crippen LogP contribution < -0.4 is 0 Å². The van der Waals surface area contributed by atoms with E-state index in [9.17, 15) is 4.79 Å². The van der Waals surface area contributed by atoms with Gasteiger partial charge in [0.2, 0.25) is 0 Å². The molecule has 0 N–H and O–H groups in total. The topological polar surface area (TPSA) is 46.3 Å². The number of hydrogen-bond donors (Lipinski definition) is 0. The predicted molar refractivity (Wildman–Crippen MR) is 91.6 cm³/mol. The van der Waals surface area contributed by atoms with Gasteiger partial charge in [0.1, 0.15) is 5.76 Å². The van der Waals surface area contributed by atoms with Crippen molar-refractivity contribution in [1.82, 2.24) is 10.1 Å². The molecule has 120 valence electrons. The maximum absolute atomic E-state index is 12.7. The van der Waals surface area contributed by atoms with Crippen LogP contribution in [0.2, 0.25) is 0 Å². The van der Waals surface area contributed by atoms with E-state index in [2.05, 4.69) is 36.3 Å². The molecule has 0 spiro atoms. The quantitative estimate of drug-likeness (QED) is 0.721. The molecule has 0 aliphatic carbocycles. The van der Waals surface area contributed by atoms with Crippen molar-refractivity contribution in [2.75, 3.05) is 6.54 Å². The lowest BCUT2D eigenvalue weighted by Crippen LogP contribution is -2.35. The van der Waals surface area contributed by atoms with Crippen molar-refractivity contribution in [2.24, 2.45) is 0 Å². The molecule has 4 nitrogen and oxygen atoms in total. The van der Waals surface area contributed by atoms with Crippen molar-refractivity contribution in [3.8, 4) is 11.1 Å². The summed E-state index contributed by atoms with van der Waals surface area (Å²) in [6.45, 7) is 3.31. The number of benzene rings is 2. The van der Waals surface area contributed by atoms with Gasteiger partial charge in [-0.1, -0.05) is 47.1 Å². The SMILES string of the molecule is Cc1ccc(-c2ccc(C(=O)N3CCc4oncc4C3)cc2)cc1. The number of aromatic nitrogens is 1. The van der Waals surface area contributed by atoms with Gasteiger partial charge < -0.3 is 9.42 Å². The van der Waals surface area contributed by atoms with E-state index in [1.165, 1.54) is 5.56 Å². The van der Waals surface area contributed by atoms with Gasteiger partial charge in [-0.15, -0.1) is 0 Å². The van der Waals surface area contributed by atoms with Crippen LogP contribution in [0.3, 0.4) is 0 Å². The second-order valence-electron chi connectivity index (χ2n) is 6.19. The van der Waals surface area contributed by atoms with E-state index in [0.717, 1.165) is 28.9 Å². The van der Waals surface area contributed by atoms with Gasteiger partial charge in [0.25, 0.3) is 5.91 Å². The highest BCUT2D eigenvalue weighted by Crippen LogP contribution is 2.23. The Hall–Kier alpha value is -2.88. The maximum Gasteiger partial charge on any atom is 0.254 e. The molecule has 3 aromatic rings. The highest BCUT2D eigenvalue weighted by Gasteiger charge is 2.24. The molecule has 4 heteroatoms. The summed E-state index contributed by atoms with van der Waals surface area (Å²) in [7, 11) is 0. The van der Waals surface area contributed by atoms with Gasteiger partial charge in [0.15, 0.2) is 0 Å². The van der Waals surface area contributed by atoms with Crippen molar-refractivity contribution in [3.05, 3.63) is 77.2 Å². The molecule has 0 atom stereocenters. The maximum atomic E-state index is 12.7. The molecule has 0 saturated heterocycles. The van der Waals surface area contributed by atoms with Crippen molar-refractivity contribution in [2.45, 2.75) is 19.9 Å². The Balaban J connectivity index is 1.52. The van der Waals surface area contributed by atoms with Crippen LogP contribution in [-0.2, 0) is 13.0 Å². The standard InChI is InChI=1S/C20H18N2O2/c1-14-2-4-15(5-3-14)16-6-8-17(9-7-16)20(23)22-11-10-19-18(13-22)12-21-24-19/h2-9,12H,10-11,13H2,1H3. The molecule has 1 amide bonds. The number of nitrogens with zero attached hydrogens (tertiary/aromatic N) is 2. The Labute approximate surface area is 140 Å². The van der Waals surface area contributed by atoms with E-state index < -0.39 is 0 Å². The molecular weight excluding hydrogens is 300 g/mol. The molecule has 0 radical (unpaired) electrons. The Morgan fingerprint density at radius 2 is 1.71 bits per heavy atom. The van der Waals surface area contributed by atoms with E-state index in [0.29, 0.717) is 18.7 Å². The minimum atomic E-state index is 0.0531. The first-order valence-corrected chi connectivity index (χ1v) is 8.09. The number of fused-ring (bicyclic) bond motifs is 1. The molecule has 0 fully saturated rings. The van der Waals surface area contributed by atoms with Crippen LogP contribution in [0.15, 0.2) is 59.3 Å². The Bertz CT molecular complexity index is 863. The summed E-state index contributed by atoms with van der Waals surface area (Å²) >= 11 is 0. The van der Waals surface area contributed by atoms with Crippen LogP contribution in [0.4, 0.5) is 0 Å². The Morgan fingerprint density at radius 3 is 2.42 bits per heavy atom. The van der Waals surface area contributed by atoms with Crippen LogP contribution >= 0.6 is 0 Å². The smallest absolute Gasteiger partial charge is 0.254 e. The number of carbonyl (C=O) groups is 1. The zero-order chi connectivity index (χ0) is 16.5. The Kier molecular flexibility index (Phi) is 3.65. The number of aryl methyl sites for hydroxylation is 1. The van der Waals surface area contributed by atoms with Crippen molar-refractivity contribution in [3.63, 3.8) is 0 Å². The van der Waals surface area contributed by atoms with Crippen molar-refractivity contribution in [1.29, 1.82) is 0 Å². The zero-order valence-corrected chi connectivity index (χ0v) is 13.5. The second-order valence-corrected chi connectivity index (χ2v) is 6.19. The van der Waals surface area contributed by atoms with Crippen LogP contribution in [0.1, 0.15) is 27.2 Å². The van der Waals surface area contributed by atoms with Gasteiger partial charge in [-0.25, -0.2) is 0 Å². The fraction of sp³-hybridized carbons (Fsp3) is 0.200. The van der Waals surface area contributed by atoms with E-state index in [1.54, 1.807) is 6.20 Å². The number of amides is 1. The highest BCUT2D eigenvalue weighted by molar-refractivity contribution is 5.94. The van der Waals surface area contributed by atoms with Gasteiger partial charge in [-0.3, -0.25) is 4.79 Å². The van der Waals surface area contributed by atoms with E-state index in [1.807, 2.05) is 29.2 Å². The molecule has 1 aliphatic rings. The fourth-order valence-electron chi connectivity index (χ4n) is 3.05.